The lowest BCUT2D eigenvalue weighted by atomic mass is 9.88. The fourth-order valence-electron chi connectivity index (χ4n) is 3.46. The van der Waals surface area contributed by atoms with E-state index in [2.05, 4.69) is 36.6 Å². The minimum absolute atomic E-state index is 0.0589. The smallest absolute Gasteiger partial charge is 0.242 e. The van der Waals surface area contributed by atoms with Crippen molar-refractivity contribution in [1.29, 1.82) is 0 Å². The summed E-state index contributed by atoms with van der Waals surface area (Å²) in [4.78, 5) is 25.1. The second-order valence-corrected chi connectivity index (χ2v) is 7.55. The second-order valence-electron chi connectivity index (χ2n) is 7.55. The Morgan fingerprint density at radius 1 is 1.08 bits per heavy atom. The van der Waals surface area contributed by atoms with Crippen LogP contribution in [0, 0.1) is 11.8 Å². The number of benzene rings is 1. The van der Waals surface area contributed by atoms with Gasteiger partial charge in [-0.1, -0.05) is 63.4 Å². The second kappa shape index (κ2) is 10.2. The summed E-state index contributed by atoms with van der Waals surface area (Å²) >= 11 is 0. The lowest BCUT2D eigenvalue weighted by Gasteiger charge is -2.25. The maximum atomic E-state index is 12.6. The predicted octanol–water partition coefficient (Wildman–Crippen LogP) is 3.46. The van der Waals surface area contributed by atoms with Gasteiger partial charge in [0.05, 0.1) is 0 Å². The van der Waals surface area contributed by atoms with Crippen molar-refractivity contribution in [2.24, 2.45) is 11.8 Å². The van der Waals surface area contributed by atoms with E-state index >= 15 is 0 Å². The molecule has 138 valence electrons. The molecule has 0 bridgehead atoms. The van der Waals surface area contributed by atoms with Crippen molar-refractivity contribution >= 4 is 11.8 Å². The van der Waals surface area contributed by atoms with Crippen LogP contribution in [0.15, 0.2) is 30.3 Å². The number of carbonyl (C=O) groups excluding carboxylic acids is 2. The fourth-order valence-corrected chi connectivity index (χ4v) is 3.46. The molecule has 4 nitrogen and oxygen atoms in total. The molecule has 0 aromatic heterocycles. The lowest BCUT2D eigenvalue weighted by Crippen LogP contribution is -2.49. The highest BCUT2D eigenvalue weighted by Gasteiger charge is 2.27. The van der Waals surface area contributed by atoms with Gasteiger partial charge in [0.25, 0.3) is 0 Å². The van der Waals surface area contributed by atoms with Crippen molar-refractivity contribution in [1.82, 2.24) is 10.6 Å². The van der Waals surface area contributed by atoms with Crippen LogP contribution in [-0.4, -0.2) is 24.4 Å². The molecule has 0 spiro atoms. The Kier molecular flexibility index (Phi) is 7.96. The first-order valence-electron chi connectivity index (χ1n) is 9.68. The molecular formula is C21H32N2O2. The van der Waals surface area contributed by atoms with Gasteiger partial charge in [-0.05, 0) is 37.2 Å². The maximum Gasteiger partial charge on any atom is 0.242 e. The molecule has 4 heteroatoms. The monoisotopic (exact) mass is 344 g/mol. The Morgan fingerprint density at radius 2 is 1.76 bits per heavy atom. The molecule has 0 aliphatic heterocycles. The molecule has 0 heterocycles. The van der Waals surface area contributed by atoms with Crippen LogP contribution in [0.2, 0.25) is 0 Å². The zero-order valence-electron chi connectivity index (χ0n) is 15.6. The van der Waals surface area contributed by atoms with Crippen molar-refractivity contribution < 1.29 is 9.59 Å². The summed E-state index contributed by atoms with van der Waals surface area (Å²) in [5, 5.41) is 6.01. The molecule has 1 atom stereocenters. The van der Waals surface area contributed by atoms with Crippen LogP contribution in [0.1, 0.15) is 57.9 Å². The molecule has 1 fully saturated rings. The van der Waals surface area contributed by atoms with Gasteiger partial charge >= 0.3 is 0 Å². The summed E-state index contributed by atoms with van der Waals surface area (Å²) < 4.78 is 0. The number of amides is 2. The van der Waals surface area contributed by atoms with Gasteiger partial charge in [0.1, 0.15) is 6.04 Å². The molecule has 2 N–H and O–H groups in total. The Balaban J connectivity index is 1.84. The highest BCUT2D eigenvalue weighted by molar-refractivity contribution is 5.88. The minimum atomic E-state index is -0.426. The van der Waals surface area contributed by atoms with E-state index in [-0.39, 0.29) is 17.7 Å². The number of hydrogen-bond donors (Lipinski definition) is 2. The first kappa shape index (κ1) is 19.5. The van der Waals surface area contributed by atoms with E-state index in [0.29, 0.717) is 18.9 Å². The van der Waals surface area contributed by atoms with Gasteiger partial charge in [-0.15, -0.1) is 0 Å². The zero-order chi connectivity index (χ0) is 18.1. The first-order chi connectivity index (χ1) is 12.1. The average molecular weight is 344 g/mol. The average Bonchev–Trinajstić information content (AvgIpc) is 2.62. The van der Waals surface area contributed by atoms with Gasteiger partial charge in [0.2, 0.25) is 11.8 Å². The lowest BCUT2D eigenvalue weighted by molar-refractivity contribution is -0.132. The summed E-state index contributed by atoms with van der Waals surface area (Å²) in [6, 6.07) is 9.68. The van der Waals surface area contributed by atoms with Crippen LogP contribution in [0.4, 0.5) is 0 Å². The van der Waals surface area contributed by atoms with Gasteiger partial charge in [0.15, 0.2) is 0 Å². The van der Waals surface area contributed by atoms with E-state index in [9.17, 15) is 9.59 Å². The topological polar surface area (TPSA) is 58.2 Å². The highest BCUT2D eigenvalue weighted by Crippen LogP contribution is 2.24. The van der Waals surface area contributed by atoms with Crippen molar-refractivity contribution in [3.63, 3.8) is 0 Å². The summed E-state index contributed by atoms with van der Waals surface area (Å²) in [6.07, 6.45) is 6.85. The molecule has 1 saturated carbocycles. The number of carbonyl (C=O) groups is 2. The Bertz CT molecular complexity index is 536. The standard InChI is InChI=1S/C21H32N2O2/c1-16(2)15-19(23-20(24)18-11-7-4-8-12-18)21(25)22-14-13-17-9-5-3-6-10-17/h3,5-6,9-10,16,18-19H,4,7-8,11-15H2,1-2H3,(H,22,25)(H,23,24). The van der Waals surface area contributed by atoms with Gasteiger partial charge in [0, 0.05) is 12.5 Å². The number of nitrogens with one attached hydrogen (secondary N) is 2. The van der Waals surface area contributed by atoms with E-state index in [1.165, 1.54) is 12.0 Å². The van der Waals surface area contributed by atoms with E-state index in [1.807, 2.05) is 18.2 Å². The molecule has 25 heavy (non-hydrogen) atoms. The predicted molar refractivity (Wildman–Crippen MR) is 101 cm³/mol. The molecule has 1 aromatic rings. The molecule has 2 amide bonds. The Hall–Kier alpha value is -1.84. The van der Waals surface area contributed by atoms with Gasteiger partial charge < -0.3 is 10.6 Å². The molecule has 0 radical (unpaired) electrons. The van der Waals surface area contributed by atoms with Crippen molar-refractivity contribution in [2.75, 3.05) is 6.54 Å². The Morgan fingerprint density at radius 3 is 2.40 bits per heavy atom. The normalized spacial score (nSPS) is 16.4. The van der Waals surface area contributed by atoms with Crippen LogP contribution >= 0.6 is 0 Å². The SMILES string of the molecule is CC(C)CC(NC(=O)C1CCCCC1)C(=O)NCCc1ccccc1. The van der Waals surface area contributed by atoms with E-state index < -0.39 is 6.04 Å². The summed E-state index contributed by atoms with van der Waals surface area (Å²) in [6.45, 7) is 4.75. The molecular weight excluding hydrogens is 312 g/mol. The largest absolute Gasteiger partial charge is 0.354 e. The minimum Gasteiger partial charge on any atom is -0.354 e. The maximum absolute atomic E-state index is 12.6. The summed E-state index contributed by atoms with van der Waals surface area (Å²) in [7, 11) is 0. The fraction of sp³-hybridized carbons (Fsp3) is 0.619. The molecule has 1 aliphatic rings. The van der Waals surface area contributed by atoms with Crippen LogP contribution in [-0.2, 0) is 16.0 Å². The highest BCUT2D eigenvalue weighted by atomic mass is 16.2. The van der Waals surface area contributed by atoms with Crippen molar-refractivity contribution in [3.05, 3.63) is 35.9 Å². The van der Waals surface area contributed by atoms with Gasteiger partial charge in [-0.25, -0.2) is 0 Å². The third kappa shape index (κ3) is 6.89. The zero-order valence-corrected chi connectivity index (χ0v) is 15.6. The first-order valence-corrected chi connectivity index (χ1v) is 9.68. The van der Waals surface area contributed by atoms with Crippen LogP contribution in [0.25, 0.3) is 0 Å². The Labute approximate surface area is 151 Å². The molecule has 1 aromatic carbocycles. The summed E-state index contributed by atoms with van der Waals surface area (Å²) in [5.74, 6) is 0.439. The molecule has 1 aliphatic carbocycles. The van der Waals surface area contributed by atoms with Crippen LogP contribution in [0.5, 0.6) is 0 Å². The summed E-state index contributed by atoms with van der Waals surface area (Å²) in [5.41, 5.74) is 1.20. The van der Waals surface area contributed by atoms with Crippen LogP contribution in [0.3, 0.4) is 0 Å². The van der Waals surface area contributed by atoms with E-state index in [1.54, 1.807) is 0 Å². The van der Waals surface area contributed by atoms with Gasteiger partial charge in [-0.3, -0.25) is 9.59 Å². The molecule has 0 saturated heterocycles. The van der Waals surface area contributed by atoms with Crippen LogP contribution < -0.4 is 10.6 Å². The number of rotatable bonds is 8. The van der Waals surface area contributed by atoms with Crippen molar-refractivity contribution in [2.45, 2.75) is 64.8 Å². The number of hydrogen-bond acceptors (Lipinski definition) is 2. The van der Waals surface area contributed by atoms with E-state index in [4.69, 9.17) is 0 Å². The molecule has 1 unspecified atom stereocenters. The van der Waals surface area contributed by atoms with E-state index in [0.717, 1.165) is 32.1 Å². The van der Waals surface area contributed by atoms with Gasteiger partial charge in [-0.2, -0.15) is 0 Å². The van der Waals surface area contributed by atoms with Crippen molar-refractivity contribution in [3.8, 4) is 0 Å². The molecule has 2 rings (SSSR count). The third-order valence-electron chi connectivity index (χ3n) is 4.87. The quantitative estimate of drug-likeness (QED) is 0.759. The third-order valence-corrected chi connectivity index (χ3v) is 4.87.